The highest BCUT2D eigenvalue weighted by Crippen LogP contribution is 2.46. The summed E-state index contributed by atoms with van der Waals surface area (Å²) in [4.78, 5) is 0. The summed E-state index contributed by atoms with van der Waals surface area (Å²) in [6.07, 6.45) is -0.236. The molecule has 37 heavy (non-hydrogen) atoms. The van der Waals surface area contributed by atoms with Crippen LogP contribution < -0.4 is 0 Å². The summed E-state index contributed by atoms with van der Waals surface area (Å²) in [5, 5.41) is 0.0314. The predicted molar refractivity (Wildman–Crippen MR) is 152 cm³/mol. The van der Waals surface area contributed by atoms with Gasteiger partial charge in [-0.15, -0.1) is 6.58 Å². The highest BCUT2D eigenvalue weighted by atomic mass is 28.4. The Bertz CT molecular complexity index is 947. The van der Waals surface area contributed by atoms with Gasteiger partial charge in [-0.05, 0) is 42.1 Å². The summed E-state index contributed by atoms with van der Waals surface area (Å²) < 4.78 is 32.9. The molecule has 5 atom stereocenters. The summed E-state index contributed by atoms with van der Waals surface area (Å²) >= 11 is 0. The van der Waals surface area contributed by atoms with Gasteiger partial charge in [0.2, 0.25) is 0 Å². The minimum absolute atomic E-state index is 0.0314. The topological polar surface area (TPSA) is 46.2 Å². The average molecular weight is 527 g/mol. The van der Waals surface area contributed by atoms with E-state index >= 15 is 0 Å². The first-order chi connectivity index (χ1) is 17.6. The van der Waals surface area contributed by atoms with Gasteiger partial charge in [-0.3, -0.25) is 0 Å². The van der Waals surface area contributed by atoms with Gasteiger partial charge in [0, 0.05) is 0 Å². The minimum atomic E-state index is -2.23. The van der Waals surface area contributed by atoms with Crippen molar-refractivity contribution in [3.05, 3.63) is 84.4 Å². The largest absolute Gasteiger partial charge is 0.390 e. The third-order valence-electron chi connectivity index (χ3n) is 8.11. The van der Waals surface area contributed by atoms with Crippen LogP contribution in [-0.4, -0.2) is 45.6 Å². The summed E-state index contributed by atoms with van der Waals surface area (Å²) in [5.41, 5.74) is 2.20. The SMILES string of the molecule is C=CCO[C@H]1[C@@H](O[Si](C)(C)C(C)(C)C(C)C)O[C@@H](C)[C@H](OCc2ccccc2)[C@H]1OCc1ccccc1. The van der Waals surface area contributed by atoms with Crippen LogP contribution in [0.15, 0.2) is 73.3 Å². The van der Waals surface area contributed by atoms with E-state index in [0.29, 0.717) is 25.7 Å². The Hall–Kier alpha value is -1.80. The first kappa shape index (κ1) is 29.7. The van der Waals surface area contributed by atoms with Crippen molar-refractivity contribution in [2.75, 3.05) is 6.61 Å². The van der Waals surface area contributed by atoms with E-state index in [9.17, 15) is 0 Å². The fourth-order valence-electron chi connectivity index (χ4n) is 4.51. The Labute approximate surface area is 225 Å². The van der Waals surface area contributed by atoms with Crippen LogP contribution in [-0.2, 0) is 36.6 Å². The second-order valence-electron chi connectivity index (χ2n) is 11.3. The number of benzene rings is 2. The standard InChI is InChI=1S/C31H46O5Si/c1-9-20-32-29-28(34-22-26-18-14-11-15-19-26)27(33-21-25-16-12-10-13-17-25)24(4)35-30(29)36-37(7,8)31(5,6)23(2)3/h9-19,23-24,27-30H,1,20-22H2,2-8H3/t24-,27-,28+,29+,30+/m0/s1. The molecular weight excluding hydrogens is 480 g/mol. The summed E-state index contributed by atoms with van der Waals surface area (Å²) in [6, 6.07) is 20.4. The Morgan fingerprint density at radius 3 is 1.86 bits per heavy atom. The van der Waals surface area contributed by atoms with Crippen molar-refractivity contribution in [3.8, 4) is 0 Å². The van der Waals surface area contributed by atoms with E-state index in [1.165, 1.54) is 0 Å². The first-order valence-corrected chi connectivity index (χ1v) is 16.3. The van der Waals surface area contributed by atoms with E-state index in [-0.39, 0.29) is 23.4 Å². The molecule has 6 heteroatoms. The third-order valence-corrected chi connectivity index (χ3v) is 12.6. The number of ether oxygens (including phenoxy) is 4. The number of hydrogen-bond acceptors (Lipinski definition) is 5. The molecule has 0 saturated carbocycles. The summed E-state index contributed by atoms with van der Waals surface area (Å²) in [7, 11) is -2.23. The van der Waals surface area contributed by atoms with Crippen LogP contribution in [0.25, 0.3) is 0 Å². The predicted octanol–water partition coefficient (Wildman–Crippen LogP) is 7.13. The molecule has 1 aliphatic heterocycles. The van der Waals surface area contributed by atoms with Gasteiger partial charge in [-0.25, -0.2) is 0 Å². The molecule has 0 unspecified atom stereocenters. The van der Waals surface area contributed by atoms with Gasteiger partial charge >= 0.3 is 0 Å². The molecule has 2 aromatic rings. The minimum Gasteiger partial charge on any atom is -0.390 e. The van der Waals surface area contributed by atoms with Gasteiger partial charge in [0.05, 0.1) is 25.9 Å². The van der Waals surface area contributed by atoms with E-state index in [0.717, 1.165) is 11.1 Å². The van der Waals surface area contributed by atoms with Crippen molar-refractivity contribution in [3.63, 3.8) is 0 Å². The van der Waals surface area contributed by atoms with Gasteiger partial charge in [0.25, 0.3) is 0 Å². The van der Waals surface area contributed by atoms with Crippen LogP contribution in [0.5, 0.6) is 0 Å². The quantitative estimate of drug-likeness (QED) is 0.205. The van der Waals surface area contributed by atoms with Crippen LogP contribution in [0.1, 0.15) is 45.7 Å². The number of hydrogen-bond donors (Lipinski definition) is 0. The van der Waals surface area contributed by atoms with Gasteiger partial charge in [-0.1, -0.05) is 94.4 Å². The molecule has 1 aliphatic rings. The number of rotatable bonds is 13. The lowest BCUT2D eigenvalue weighted by Gasteiger charge is -2.50. The lowest BCUT2D eigenvalue weighted by molar-refractivity contribution is -0.299. The first-order valence-electron chi connectivity index (χ1n) is 13.4. The highest BCUT2D eigenvalue weighted by Gasteiger charge is 2.52. The van der Waals surface area contributed by atoms with Gasteiger partial charge in [-0.2, -0.15) is 0 Å². The summed E-state index contributed by atoms with van der Waals surface area (Å²) in [5.74, 6) is 0.467. The summed E-state index contributed by atoms with van der Waals surface area (Å²) in [6.45, 7) is 20.8. The Kier molecular flexibility index (Phi) is 10.7. The Morgan fingerprint density at radius 1 is 0.865 bits per heavy atom. The molecule has 1 heterocycles. The van der Waals surface area contributed by atoms with Gasteiger partial charge < -0.3 is 23.4 Å². The fraction of sp³-hybridized carbons (Fsp3) is 0.548. The zero-order valence-electron chi connectivity index (χ0n) is 23.7. The average Bonchev–Trinajstić information content (AvgIpc) is 2.87. The van der Waals surface area contributed by atoms with Crippen molar-refractivity contribution < 1.29 is 23.4 Å². The zero-order chi connectivity index (χ0) is 27.1. The van der Waals surface area contributed by atoms with E-state index in [1.54, 1.807) is 6.08 Å². The molecule has 0 N–H and O–H groups in total. The van der Waals surface area contributed by atoms with E-state index in [1.807, 2.05) is 43.3 Å². The second-order valence-corrected chi connectivity index (χ2v) is 15.9. The molecule has 0 amide bonds. The lowest BCUT2D eigenvalue weighted by Crippen LogP contribution is -2.62. The maximum atomic E-state index is 6.90. The molecule has 1 saturated heterocycles. The molecule has 0 radical (unpaired) electrons. The fourth-order valence-corrected chi connectivity index (χ4v) is 6.98. The molecule has 0 spiro atoms. The Balaban J connectivity index is 1.89. The molecule has 3 rings (SSSR count). The maximum Gasteiger partial charge on any atom is 0.196 e. The normalized spacial score (nSPS) is 24.8. The zero-order valence-corrected chi connectivity index (χ0v) is 24.7. The molecule has 0 aliphatic carbocycles. The highest BCUT2D eigenvalue weighted by molar-refractivity contribution is 6.74. The molecule has 0 aromatic heterocycles. The molecular formula is C31H46O5Si. The van der Waals surface area contributed by atoms with Gasteiger partial charge in [0.1, 0.15) is 18.3 Å². The molecule has 0 bridgehead atoms. The monoisotopic (exact) mass is 526 g/mol. The van der Waals surface area contributed by atoms with Crippen molar-refractivity contribution in [2.24, 2.45) is 5.92 Å². The van der Waals surface area contributed by atoms with E-state index in [4.69, 9.17) is 23.4 Å². The second kappa shape index (κ2) is 13.3. The van der Waals surface area contributed by atoms with Crippen molar-refractivity contribution in [1.82, 2.24) is 0 Å². The smallest absolute Gasteiger partial charge is 0.196 e. The van der Waals surface area contributed by atoms with Crippen molar-refractivity contribution >= 4 is 8.32 Å². The molecule has 204 valence electrons. The molecule has 1 fully saturated rings. The Morgan fingerprint density at radius 2 is 1.38 bits per heavy atom. The van der Waals surface area contributed by atoms with Crippen molar-refractivity contribution in [2.45, 2.75) is 96.7 Å². The van der Waals surface area contributed by atoms with Crippen LogP contribution in [0.3, 0.4) is 0 Å². The van der Waals surface area contributed by atoms with E-state index < -0.39 is 20.7 Å². The molecule has 2 aromatic carbocycles. The van der Waals surface area contributed by atoms with Gasteiger partial charge in [0.15, 0.2) is 14.6 Å². The van der Waals surface area contributed by atoms with E-state index in [2.05, 4.69) is 71.6 Å². The van der Waals surface area contributed by atoms with Crippen LogP contribution in [0.2, 0.25) is 18.1 Å². The molecule has 5 nitrogen and oxygen atoms in total. The van der Waals surface area contributed by atoms with Crippen molar-refractivity contribution in [1.29, 1.82) is 0 Å². The van der Waals surface area contributed by atoms with Crippen LogP contribution in [0, 0.1) is 5.92 Å². The van der Waals surface area contributed by atoms with Crippen LogP contribution in [0.4, 0.5) is 0 Å². The van der Waals surface area contributed by atoms with Crippen LogP contribution >= 0.6 is 0 Å². The third kappa shape index (κ3) is 7.62. The lowest BCUT2D eigenvalue weighted by atomic mass is 9.98. The maximum absolute atomic E-state index is 6.90.